The van der Waals surface area contributed by atoms with Crippen molar-refractivity contribution >= 4 is 62.2 Å². The first-order valence-electron chi connectivity index (χ1n) is 22.5. The number of methoxy groups -OCH3 is 2. The van der Waals surface area contributed by atoms with Crippen molar-refractivity contribution < 1.29 is 60.9 Å². The molecule has 0 spiro atoms. The fraction of sp³-hybridized carbons (Fsp3) is 0.354. The van der Waals surface area contributed by atoms with Crippen molar-refractivity contribution in [2.24, 2.45) is 14.1 Å². The quantitative estimate of drug-likeness (QED) is 0.0535. The van der Waals surface area contributed by atoms with Crippen LogP contribution in [0.1, 0.15) is 72.1 Å². The van der Waals surface area contributed by atoms with Crippen molar-refractivity contribution in [3.8, 4) is 34.5 Å². The maximum Gasteiger partial charge on any atom is 0.328 e. The van der Waals surface area contributed by atoms with Crippen LogP contribution in [-0.4, -0.2) is 104 Å². The van der Waals surface area contributed by atoms with E-state index in [1.807, 2.05) is 0 Å². The lowest BCUT2D eigenvalue weighted by Crippen LogP contribution is -2.54. The number of carbonyl (C=O) groups excluding carboxylic acids is 6. The minimum Gasteiger partial charge on any atom is -0.493 e. The number of aryl methyl sites for hydroxylation is 2. The zero-order valence-corrected chi connectivity index (χ0v) is 39.8. The van der Waals surface area contributed by atoms with Crippen molar-refractivity contribution in [2.75, 3.05) is 45.2 Å². The summed E-state index contributed by atoms with van der Waals surface area (Å²) in [7, 11) is 1.83. The van der Waals surface area contributed by atoms with E-state index < -0.39 is 45.6 Å². The molecule has 1 aromatic heterocycles. The van der Waals surface area contributed by atoms with Gasteiger partial charge in [0.1, 0.15) is 23.3 Å². The number of rotatable bonds is 23. The van der Waals surface area contributed by atoms with Crippen LogP contribution in [0, 0.1) is 0 Å². The number of unbranched alkanes of at least 4 members (excludes halogenated alkanes) is 5. The van der Waals surface area contributed by atoms with Gasteiger partial charge in [0.2, 0.25) is 11.8 Å². The van der Waals surface area contributed by atoms with E-state index in [0.29, 0.717) is 41.4 Å². The van der Waals surface area contributed by atoms with Crippen LogP contribution in [0.3, 0.4) is 0 Å². The summed E-state index contributed by atoms with van der Waals surface area (Å²) in [4.78, 5) is 88.7. The van der Waals surface area contributed by atoms with E-state index in [-0.39, 0.29) is 76.6 Å². The van der Waals surface area contributed by atoms with Crippen molar-refractivity contribution in [2.45, 2.75) is 62.3 Å². The zero-order chi connectivity index (χ0) is 50.1. The monoisotopic (exact) mass is 983 g/mol. The van der Waals surface area contributed by atoms with Gasteiger partial charge in [0.05, 0.1) is 47.0 Å². The average Bonchev–Trinajstić information content (AvgIpc) is 3.72. The smallest absolute Gasteiger partial charge is 0.328 e. The zero-order valence-electron chi connectivity index (χ0n) is 39.0. The molecule has 22 heteroatoms. The summed E-state index contributed by atoms with van der Waals surface area (Å²) in [5.41, 5.74) is 0.768. The van der Waals surface area contributed by atoms with Gasteiger partial charge in [-0.1, -0.05) is 31.7 Å². The molecule has 1 saturated heterocycles. The Balaban J connectivity index is 0.787. The van der Waals surface area contributed by atoms with Gasteiger partial charge in [-0.2, -0.15) is 0 Å². The van der Waals surface area contributed by atoms with Gasteiger partial charge in [0.15, 0.2) is 30.5 Å². The molecule has 0 aliphatic carbocycles. The Morgan fingerprint density at radius 1 is 0.686 bits per heavy atom. The summed E-state index contributed by atoms with van der Waals surface area (Å²) in [6.45, 7) is 0.294. The molecule has 3 heterocycles. The second-order valence-corrected chi connectivity index (χ2v) is 18.1. The molecule has 7 rings (SSSR count). The number of imide groups is 2. The van der Waals surface area contributed by atoms with E-state index in [4.69, 9.17) is 23.7 Å². The van der Waals surface area contributed by atoms with Crippen LogP contribution in [0.2, 0.25) is 0 Å². The van der Waals surface area contributed by atoms with Gasteiger partial charge in [-0.15, -0.1) is 0 Å². The van der Waals surface area contributed by atoms with E-state index in [2.05, 4.69) is 20.7 Å². The molecule has 0 bridgehead atoms. The minimum absolute atomic E-state index is 0.000254. The Labute approximate surface area is 402 Å². The fourth-order valence-electron chi connectivity index (χ4n) is 8.02. The van der Waals surface area contributed by atoms with Crippen LogP contribution in [0.15, 0.2) is 82.5 Å². The summed E-state index contributed by atoms with van der Waals surface area (Å²) in [5.74, 6) is -1.79. The highest BCUT2D eigenvalue weighted by Gasteiger charge is 2.46. The number of benzene rings is 4. The number of nitrogens with one attached hydrogen (secondary N) is 4. The Kier molecular flexibility index (Phi) is 15.7. The number of sulfonamides is 1. The Bertz CT molecular complexity index is 3000. The normalized spacial score (nSPS) is 14.5. The average molecular weight is 984 g/mol. The molecule has 4 aromatic carbocycles. The third-order valence-corrected chi connectivity index (χ3v) is 13.1. The molecule has 6 amide bonds. The van der Waals surface area contributed by atoms with Crippen LogP contribution < -0.4 is 50.0 Å². The number of nitrogens with zero attached hydrogens (tertiary/aromatic N) is 3. The lowest BCUT2D eigenvalue weighted by atomic mass is 10.0. The highest BCUT2D eigenvalue weighted by atomic mass is 32.2. The number of aromatic nitrogens is 2. The molecule has 4 N–H and O–H groups in total. The van der Waals surface area contributed by atoms with E-state index in [1.54, 1.807) is 44.4 Å². The van der Waals surface area contributed by atoms with Crippen LogP contribution in [-0.2, 0) is 43.3 Å². The molecule has 21 nitrogen and oxygen atoms in total. The van der Waals surface area contributed by atoms with E-state index in [1.165, 1.54) is 65.8 Å². The Morgan fingerprint density at radius 3 is 1.94 bits per heavy atom. The van der Waals surface area contributed by atoms with Gasteiger partial charge in [-0.05, 0) is 73.9 Å². The van der Waals surface area contributed by atoms with E-state index >= 15 is 0 Å². The Morgan fingerprint density at radius 2 is 1.30 bits per heavy atom. The molecule has 1 fully saturated rings. The topological polar surface area (TPSA) is 261 Å². The molecule has 370 valence electrons. The van der Waals surface area contributed by atoms with Gasteiger partial charge < -0.3 is 34.3 Å². The predicted molar refractivity (Wildman–Crippen MR) is 253 cm³/mol. The molecule has 70 heavy (non-hydrogen) atoms. The summed E-state index contributed by atoms with van der Waals surface area (Å²) in [6, 6.07) is 17.0. The first-order valence-corrected chi connectivity index (χ1v) is 23.9. The van der Waals surface area contributed by atoms with Crippen molar-refractivity contribution in [1.29, 1.82) is 0 Å². The van der Waals surface area contributed by atoms with Gasteiger partial charge in [-0.3, -0.25) is 52.8 Å². The number of carbonyl (C=O) groups is 6. The number of amides is 6. The molecule has 1 atom stereocenters. The van der Waals surface area contributed by atoms with Crippen LogP contribution >= 0.6 is 0 Å². The molecule has 0 radical (unpaired) electrons. The first kappa shape index (κ1) is 50.0. The van der Waals surface area contributed by atoms with Crippen LogP contribution in [0.25, 0.3) is 11.0 Å². The minimum atomic E-state index is -4.18. The molecule has 2 aliphatic heterocycles. The molecular formula is C48H53N7O14S. The third-order valence-electron chi connectivity index (χ3n) is 11.7. The molecule has 0 saturated carbocycles. The molecule has 1 unspecified atom stereocenters. The maximum atomic E-state index is 13.6. The number of fused-ring (bicyclic) bond motifs is 2. The third kappa shape index (κ3) is 11.3. The van der Waals surface area contributed by atoms with E-state index in [9.17, 15) is 42.0 Å². The van der Waals surface area contributed by atoms with Crippen LogP contribution in [0.5, 0.6) is 34.5 Å². The number of imidazole rings is 1. The Hall–Kier alpha value is -7.88. The lowest BCUT2D eigenvalue weighted by Gasteiger charge is -2.27. The summed E-state index contributed by atoms with van der Waals surface area (Å²) in [6.07, 6.45) is 5.14. The highest BCUT2D eigenvalue weighted by molar-refractivity contribution is 7.92. The lowest BCUT2D eigenvalue weighted by molar-refractivity contribution is -0.136. The van der Waals surface area contributed by atoms with Gasteiger partial charge in [0, 0.05) is 45.7 Å². The largest absolute Gasteiger partial charge is 0.493 e. The van der Waals surface area contributed by atoms with Crippen molar-refractivity contribution in [3.63, 3.8) is 0 Å². The summed E-state index contributed by atoms with van der Waals surface area (Å²) in [5, 5.41) is 7.79. The van der Waals surface area contributed by atoms with Gasteiger partial charge in [-0.25, -0.2) is 13.2 Å². The second kappa shape index (κ2) is 22.0. The summed E-state index contributed by atoms with van der Waals surface area (Å²) >= 11 is 0. The standard InChI is InChI=1S/C48H53N7O14S/c1-53-35-25-33(52-70(63,64)31-18-20-37(65-3)40(24-31)66-4)39(26-36(35)54(2)48(53)62)69-30-16-14-29(15-17-30)67-27-42(57)49-22-9-7-5-6-8-10-23-50-43(58)28-68-38-13-11-12-32-44(38)47(61)55(46(32)60)34-19-21-41(56)51-45(34)59/h11-18,20,24-26,34,52H,5-10,19,21-23,27-28H2,1-4H3,(H,49,57)(H,50,58)(H,51,56,59). The highest BCUT2D eigenvalue weighted by Crippen LogP contribution is 2.37. The van der Waals surface area contributed by atoms with Crippen molar-refractivity contribution in [3.05, 3.63) is 94.4 Å². The van der Waals surface area contributed by atoms with Gasteiger partial charge in [0.25, 0.3) is 33.7 Å². The van der Waals surface area contributed by atoms with Crippen molar-refractivity contribution in [1.82, 2.24) is 30.0 Å². The number of piperidine rings is 1. The molecular weight excluding hydrogens is 931 g/mol. The van der Waals surface area contributed by atoms with Gasteiger partial charge >= 0.3 is 5.69 Å². The SMILES string of the molecule is COc1ccc(S(=O)(=O)Nc2cc3c(cc2Oc2ccc(OCC(=O)NCCCCCCCCNC(=O)COc4cccc5c4C(=O)N(C4CCC(=O)NC4=O)C5=O)cc2)n(C)c(=O)n3C)cc1OC. The van der Waals surface area contributed by atoms with Crippen LogP contribution in [0.4, 0.5) is 5.69 Å². The first-order chi connectivity index (χ1) is 33.6. The fourth-order valence-corrected chi connectivity index (χ4v) is 9.10. The molecule has 5 aromatic rings. The second-order valence-electron chi connectivity index (χ2n) is 16.5. The molecule has 2 aliphatic rings. The number of ether oxygens (including phenoxy) is 5. The predicted octanol–water partition coefficient (Wildman–Crippen LogP) is 3.92. The number of hydrogen-bond donors (Lipinski definition) is 4. The summed E-state index contributed by atoms with van der Waals surface area (Å²) < 4.78 is 60.6. The van der Waals surface area contributed by atoms with E-state index in [0.717, 1.165) is 43.4 Å². The maximum absolute atomic E-state index is 13.6. The number of anilines is 1. The number of hydrogen-bond acceptors (Lipinski definition) is 14.